The molecule has 0 bridgehead atoms. The van der Waals surface area contributed by atoms with Crippen LogP contribution in [-0.4, -0.2) is 33.2 Å². The van der Waals surface area contributed by atoms with Crippen molar-refractivity contribution in [2.75, 3.05) is 26.9 Å². The van der Waals surface area contributed by atoms with Gasteiger partial charge in [0.1, 0.15) is 0 Å². The minimum Gasteiger partial charge on any atom is -0.385 e. The van der Waals surface area contributed by atoms with Crippen molar-refractivity contribution in [3.63, 3.8) is 0 Å². The fourth-order valence-electron chi connectivity index (χ4n) is 6.42. The van der Waals surface area contributed by atoms with Gasteiger partial charge in [-0.2, -0.15) is 0 Å². The summed E-state index contributed by atoms with van der Waals surface area (Å²) in [6.45, 7) is 2.49. The Bertz CT molecular complexity index is 703. The number of aryl methyl sites for hydroxylation is 1. The number of methoxy groups -OCH3 is 1. The second-order valence-electron chi connectivity index (χ2n) is 10.8. The molecule has 3 fully saturated rings. The van der Waals surface area contributed by atoms with Gasteiger partial charge in [0, 0.05) is 25.6 Å². The second kappa shape index (κ2) is 12.6. The lowest BCUT2D eigenvalue weighted by atomic mass is 9.68. The topological polar surface area (TPSA) is 27.7 Å². The van der Waals surface area contributed by atoms with Crippen molar-refractivity contribution < 1.29 is 23.0 Å². The van der Waals surface area contributed by atoms with Gasteiger partial charge in [-0.3, -0.25) is 0 Å². The van der Waals surface area contributed by atoms with E-state index in [1.165, 1.54) is 63.5 Å². The predicted octanol–water partition coefficient (Wildman–Crippen LogP) is 6.93. The van der Waals surface area contributed by atoms with Gasteiger partial charge in [-0.1, -0.05) is 18.9 Å². The molecule has 186 valence electrons. The van der Waals surface area contributed by atoms with Crippen LogP contribution in [0.5, 0.6) is 0 Å². The zero-order valence-corrected chi connectivity index (χ0v) is 20.3. The highest BCUT2D eigenvalue weighted by atomic mass is 19.2. The van der Waals surface area contributed by atoms with Crippen molar-refractivity contribution >= 4 is 0 Å². The van der Waals surface area contributed by atoms with E-state index >= 15 is 0 Å². The summed E-state index contributed by atoms with van der Waals surface area (Å²) in [7, 11) is 1.76. The number of halogens is 2. The van der Waals surface area contributed by atoms with Crippen molar-refractivity contribution in [2.45, 2.75) is 83.3 Å². The van der Waals surface area contributed by atoms with Crippen LogP contribution >= 0.6 is 0 Å². The number of rotatable bonds is 9. The number of benzene rings is 1. The van der Waals surface area contributed by atoms with Crippen LogP contribution in [-0.2, 0) is 20.6 Å². The summed E-state index contributed by atoms with van der Waals surface area (Å²) in [6.07, 6.45) is 14.5. The Labute approximate surface area is 198 Å². The lowest BCUT2D eigenvalue weighted by Crippen LogP contribution is -2.39. The first-order valence-electron chi connectivity index (χ1n) is 13.3. The highest BCUT2D eigenvalue weighted by Crippen LogP contribution is 2.43. The van der Waals surface area contributed by atoms with Crippen LogP contribution in [0.4, 0.5) is 8.78 Å². The molecule has 0 aromatic heterocycles. The zero-order chi connectivity index (χ0) is 23.0. The Hall–Kier alpha value is -1.04. The summed E-state index contributed by atoms with van der Waals surface area (Å²) in [4.78, 5) is 0. The molecule has 1 saturated heterocycles. The van der Waals surface area contributed by atoms with Crippen molar-refractivity contribution in [1.29, 1.82) is 0 Å². The number of hydrogen-bond donors (Lipinski definition) is 0. The van der Waals surface area contributed by atoms with E-state index in [1.54, 1.807) is 13.2 Å². The number of ether oxygens (including phenoxy) is 3. The molecule has 2 aliphatic carbocycles. The average Bonchev–Trinajstić information content (AvgIpc) is 2.86. The SMILES string of the molecule is COCCCC1COC(C2CCC(C3CCC(CCc4ccc(F)c(F)c4)CC3)CC2)OC1. The molecule has 33 heavy (non-hydrogen) atoms. The van der Waals surface area contributed by atoms with Crippen LogP contribution in [0, 0.1) is 41.2 Å². The Kier molecular flexibility index (Phi) is 9.57. The monoisotopic (exact) mass is 464 g/mol. The van der Waals surface area contributed by atoms with E-state index in [4.69, 9.17) is 14.2 Å². The van der Waals surface area contributed by atoms with Crippen LogP contribution in [0.15, 0.2) is 18.2 Å². The van der Waals surface area contributed by atoms with Gasteiger partial charge in [-0.15, -0.1) is 0 Å². The highest BCUT2D eigenvalue weighted by molar-refractivity contribution is 5.17. The summed E-state index contributed by atoms with van der Waals surface area (Å²) < 4.78 is 43.9. The first-order chi connectivity index (χ1) is 16.1. The Morgan fingerprint density at radius 3 is 2.06 bits per heavy atom. The van der Waals surface area contributed by atoms with Crippen LogP contribution in [0.3, 0.4) is 0 Å². The van der Waals surface area contributed by atoms with Crippen LogP contribution in [0.25, 0.3) is 0 Å². The molecule has 0 radical (unpaired) electrons. The lowest BCUT2D eigenvalue weighted by molar-refractivity contribution is -0.230. The fourth-order valence-corrected chi connectivity index (χ4v) is 6.42. The Morgan fingerprint density at radius 1 is 0.788 bits per heavy atom. The average molecular weight is 465 g/mol. The molecular formula is C28H42F2O3. The maximum absolute atomic E-state index is 13.4. The van der Waals surface area contributed by atoms with Crippen LogP contribution < -0.4 is 0 Å². The summed E-state index contributed by atoms with van der Waals surface area (Å²) in [6, 6.07) is 4.34. The molecule has 1 aromatic rings. The molecule has 3 nitrogen and oxygen atoms in total. The largest absolute Gasteiger partial charge is 0.385 e. The van der Waals surface area contributed by atoms with Gasteiger partial charge in [0.05, 0.1) is 13.2 Å². The van der Waals surface area contributed by atoms with Gasteiger partial charge in [-0.05, 0) is 99.7 Å². The third-order valence-electron chi connectivity index (χ3n) is 8.54. The Morgan fingerprint density at radius 2 is 1.42 bits per heavy atom. The van der Waals surface area contributed by atoms with Gasteiger partial charge in [0.25, 0.3) is 0 Å². The summed E-state index contributed by atoms with van der Waals surface area (Å²) in [5, 5.41) is 0. The molecule has 1 heterocycles. The standard InChI is InChI=1S/C28H42F2O3/c1-31-16-2-3-22-18-32-28(33-19-22)25-13-11-24(12-14-25)23-9-6-20(7-10-23)4-5-21-8-15-26(29)27(30)17-21/h8,15,17,20,22-25,28H,2-7,9-14,16,18-19H2,1H3. The van der Waals surface area contributed by atoms with Crippen molar-refractivity contribution in [3.05, 3.63) is 35.4 Å². The van der Waals surface area contributed by atoms with Gasteiger partial charge in [-0.25, -0.2) is 8.78 Å². The zero-order valence-electron chi connectivity index (χ0n) is 20.3. The van der Waals surface area contributed by atoms with Gasteiger partial charge in [0.15, 0.2) is 17.9 Å². The van der Waals surface area contributed by atoms with E-state index in [0.29, 0.717) is 11.8 Å². The van der Waals surface area contributed by atoms with Crippen LogP contribution in [0.2, 0.25) is 0 Å². The molecule has 0 unspecified atom stereocenters. The predicted molar refractivity (Wildman–Crippen MR) is 126 cm³/mol. The van der Waals surface area contributed by atoms with E-state index < -0.39 is 11.6 Å². The third kappa shape index (κ3) is 7.22. The van der Waals surface area contributed by atoms with E-state index in [1.807, 2.05) is 0 Å². The van der Waals surface area contributed by atoms with E-state index in [2.05, 4.69) is 0 Å². The minimum atomic E-state index is -0.752. The first kappa shape index (κ1) is 25.1. The normalized spacial score (nSPS) is 33.2. The van der Waals surface area contributed by atoms with Crippen molar-refractivity contribution in [3.8, 4) is 0 Å². The second-order valence-corrected chi connectivity index (χ2v) is 10.8. The molecule has 1 aromatic carbocycles. The molecule has 5 heteroatoms. The quantitative estimate of drug-likeness (QED) is 0.371. The molecule has 0 spiro atoms. The molecule has 2 saturated carbocycles. The highest BCUT2D eigenvalue weighted by Gasteiger charge is 2.35. The van der Waals surface area contributed by atoms with Crippen LogP contribution in [0.1, 0.15) is 76.2 Å². The summed E-state index contributed by atoms with van der Waals surface area (Å²) in [5.74, 6) is 2.06. The van der Waals surface area contributed by atoms with Gasteiger partial charge >= 0.3 is 0 Å². The maximum Gasteiger partial charge on any atom is 0.160 e. The number of hydrogen-bond acceptors (Lipinski definition) is 3. The van der Waals surface area contributed by atoms with E-state index in [9.17, 15) is 8.78 Å². The van der Waals surface area contributed by atoms with Gasteiger partial charge in [0.2, 0.25) is 0 Å². The minimum absolute atomic E-state index is 0.0108. The van der Waals surface area contributed by atoms with Crippen molar-refractivity contribution in [2.24, 2.45) is 29.6 Å². The van der Waals surface area contributed by atoms with Crippen molar-refractivity contribution in [1.82, 2.24) is 0 Å². The molecular weight excluding hydrogens is 422 g/mol. The third-order valence-corrected chi connectivity index (χ3v) is 8.54. The molecule has 3 aliphatic rings. The maximum atomic E-state index is 13.4. The molecule has 4 rings (SSSR count). The Balaban J connectivity index is 1.11. The summed E-state index contributed by atoms with van der Waals surface area (Å²) >= 11 is 0. The molecule has 0 N–H and O–H groups in total. The van der Waals surface area contributed by atoms with Gasteiger partial charge < -0.3 is 14.2 Å². The smallest absolute Gasteiger partial charge is 0.160 e. The molecule has 0 atom stereocenters. The summed E-state index contributed by atoms with van der Waals surface area (Å²) in [5.41, 5.74) is 0.919. The first-order valence-corrected chi connectivity index (χ1v) is 13.3. The molecule has 1 aliphatic heterocycles. The fraction of sp³-hybridized carbons (Fsp3) is 0.786. The lowest BCUT2D eigenvalue weighted by Gasteiger charge is -2.41. The van der Waals surface area contributed by atoms with E-state index in [0.717, 1.165) is 68.8 Å². The molecule has 0 amide bonds. The van der Waals surface area contributed by atoms with E-state index in [-0.39, 0.29) is 6.29 Å².